The van der Waals surface area contributed by atoms with Gasteiger partial charge in [-0.25, -0.2) is 4.98 Å². The van der Waals surface area contributed by atoms with Crippen molar-refractivity contribution in [3.8, 4) is 0 Å². The first kappa shape index (κ1) is 9.52. The SMILES string of the molecule is CC(C)c1nc(Br)c2cccc(N)n12. The number of nitrogens with zero attached hydrogens (tertiary/aromatic N) is 2. The molecular weight excluding hydrogens is 242 g/mol. The van der Waals surface area contributed by atoms with E-state index in [0.29, 0.717) is 5.92 Å². The molecule has 0 amide bonds. The average molecular weight is 254 g/mol. The van der Waals surface area contributed by atoms with Gasteiger partial charge in [0.25, 0.3) is 0 Å². The fourth-order valence-electron chi connectivity index (χ4n) is 1.54. The van der Waals surface area contributed by atoms with E-state index >= 15 is 0 Å². The lowest BCUT2D eigenvalue weighted by atomic mass is 10.2. The van der Waals surface area contributed by atoms with E-state index in [4.69, 9.17) is 5.73 Å². The minimum Gasteiger partial charge on any atom is -0.385 e. The zero-order valence-corrected chi connectivity index (χ0v) is 9.75. The Hall–Kier alpha value is -1.03. The summed E-state index contributed by atoms with van der Waals surface area (Å²) in [5, 5.41) is 0. The number of aromatic nitrogens is 2. The van der Waals surface area contributed by atoms with E-state index in [1.807, 2.05) is 22.6 Å². The number of halogens is 1. The van der Waals surface area contributed by atoms with Crippen LogP contribution in [-0.2, 0) is 0 Å². The lowest BCUT2D eigenvalue weighted by Gasteiger charge is -2.06. The van der Waals surface area contributed by atoms with Crippen molar-refractivity contribution >= 4 is 27.3 Å². The van der Waals surface area contributed by atoms with Crippen LogP contribution in [0.15, 0.2) is 22.8 Å². The zero-order chi connectivity index (χ0) is 10.3. The van der Waals surface area contributed by atoms with E-state index in [-0.39, 0.29) is 0 Å². The standard InChI is InChI=1S/C10H12BrN3/c1-6(2)10-13-9(11)7-4-3-5-8(12)14(7)10/h3-6H,12H2,1-2H3. The van der Waals surface area contributed by atoms with Gasteiger partial charge in [0.15, 0.2) is 0 Å². The lowest BCUT2D eigenvalue weighted by molar-refractivity contribution is 0.772. The summed E-state index contributed by atoms with van der Waals surface area (Å²) in [5.41, 5.74) is 6.93. The summed E-state index contributed by atoms with van der Waals surface area (Å²) in [6, 6.07) is 5.81. The van der Waals surface area contributed by atoms with Crippen LogP contribution in [0.2, 0.25) is 0 Å². The van der Waals surface area contributed by atoms with Gasteiger partial charge in [0.05, 0.1) is 5.52 Å². The maximum absolute atomic E-state index is 5.91. The highest BCUT2D eigenvalue weighted by atomic mass is 79.9. The Morgan fingerprint density at radius 1 is 1.43 bits per heavy atom. The minimum atomic E-state index is 0.360. The van der Waals surface area contributed by atoms with E-state index in [9.17, 15) is 0 Å². The third-order valence-electron chi connectivity index (χ3n) is 2.19. The number of hydrogen-bond donors (Lipinski definition) is 1. The van der Waals surface area contributed by atoms with Crippen LogP contribution in [0.5, 0.6) is 0 Å². The Kier molecular flexibility index (Phi) is 2.23. The van der Waals surface area contributed by atoms with Gasteiger partial charge in [-0.1, -0.05) is 19.9 Å². The van der Waals surface area contributed by atoms with Crippen LogP contribution in [0.1, 0.15) is 25.6 Å². The van der Waals surface area contributed by atoms with Crippen LogP contribution < -0.4 is 5.73 Å². The number of hydrogen-bond acceptors (Lipinski definition) is 2. The molecule has 0 aliphatic rings. The highest BCUT2D eigenvalue weighted by molar-refractivity contribution is 9.10. The van der Waals surface area contributed by atoms with Crippen LogP contribution in [0.25, 0.3) is 5.52 Å². The van der Waals surface area contributed by atoms with E-state index in [2.05, 4.69) is 34.8 Å². The Morgan fingerprint density at radius 2 is 2.14 bits per heavy atom. The minimum absolute atomic E-state index is 0.360. The summed E-state index contributed by atoms with van der Waals surface area (Å²) >= 11 is 3.43. The molecule has 2 N–H and O–H groups in total. The van der Waals surface area contributed by atoms with E-state index in [1.165, 1.54) is 0 Å². The van der Waals surface area contributed by atoms with Crippen molar-refractivity contribution in [2.45, 2.75) is 19.8 Å². The summed E-state index contributed by atoms with van der Waals surface area (Å²) in [7, 11) is 0. The second-order valence-electron chi connectivity index (χ2n) is 3.59. The molecular formula is C10H12BrN3. The number of imidazole rings is 1. The first-order chi connectivity index (χ1) is 6.61. The molecule has 2 rings (SSSR count). The summed E-state index contributed by atoms with van der Waals surface area (Å²) in [5.74, 6) is 2.08. The molecule has 2 aromatic heterocycles. The topological polar surface area (TPSA) is 43.3 Å². The van der Waals surface area contributed by atoms with Crippen LogP contribution >= 0.6 is 15.9 Å². The Bertz CT molecular complexity index is 473. The first-order valence-corrected chi connectivity index (χ1v) is 5.33. The third-order valence-corrected chi connectivity index (χ3v) is 2.77. The van der Waals surface area contributed by atoms with Gasteiger partial charge in [-0.15, -0.1) is 0 Å². The number of fused-ring (bicyclic) bond motifs is 1. The molecule has 74 valence electrons. The number of pyridine rings is 1. The summed E-state index contributed by atoms with van der Waals surface area (Å²) in [4.78, 5) is 4.45. The quantitative estimate of drug-likeness (QED) is 0.850. The molecule has 0 aliphatic heterocycles. The molecule has 3 nitrogen and oxygen atoms in total. The highest BCUT2D eigenvalue weighted by Gasteiger charge is 2.12. The van der Waals surface area contributed by atoms with Crippen molar-refractivity contribution in [3.63, 3.8) is 0 Å². The second-order valence-corrected chi connectivity index (χ2v) is 4.34. The van der Waals surface area contributed by atoms with Crippen LogP contribution in [0, 0.1) is 0 Å². The van der Waals surface area contributed by atoms with Crippen LogP contribution in [-0.4, -0.2) is 9.38 Å². The molecule has 0 unspecified atom stereocenters. The molecule has 2 heterocycles. The van der Waals surface area contributed by atoms with E-state index in [1.54, 1.807) is 0 Å². The molecule has 0 spiro atoms. The maximum Gasteiger partial charge on any atom is 0.132 e. The summed E-state index contributed by atoms with van der Waals surface area (Å²) in [6.45, 7) is 4.21. The van der Waals surface area contributed by atoms with Crippen molar-refractivity contribution in [2.24, 2.45) is 0 Å². The largest absolute Gasteiger partial charge is 0.385 e. The molecule has 0 aliphatic carbocycles. The molecule has 0 saturated carbocycles. The van der Waals surface area contributed by atoms with E-state index < -0.39 is 0 Å². The van der Waals surface area contributed by atoms with Gasteiger partial charge in [-0.3, -0.25) is 4.40 Å². The molecule has 0 radical (unpaired) electrons. The molecule has 0 saturated heterocycles. The smallest absolute Gasteiger partial charge is 0.132 e. The van der Waals surface area contributed by atoms with E-state index in [0.717, 1.165) is 21.8 Å². The van der Waals surface area contributed by atoms with Gasteiger partial charge in [-0.05, 0) is 28.1 Å². The normalized spacial score (nSPS) is 11.4. The van der Waals surface area contributed by atoms with Crippen molar-refractivity contribution < 1.29 is 0 Å². The molecule has 0 atom stereocenters. The third kappa shape index (κ3) is 1.30. The Morgan fingerprint density at radius 3 is 2.79 bits per heavy atom. The van der Waals surface area contributed by atoms with Crippen LogP contribution in [0.4, 0.5) is 5.82 Å². The number of rotatable bonds is 1. The lowest BCUT2D eigenvalue weighted by Crippen LogP contribution is -2.02. The molecule has 0 bridgehead atoms. The second kappa shape index (κ2) is 3.28. The summed E-state index contributed by atoms with van der Waals surface area (Å²) < 4.78 is 2.84. The molecule has 4 heteroatoms. The zero-order valence-electron chi connectivity index (χ0n) is 8.16. The van der Waals surface area contributed by atoms with Crippen molar-refractivity contribution in [3.05, 3.63) is 28.6 Å². The molecule has 0 fully saturated rings. The van der Waals surface area contributed by atoms with Gasteiger partial charge >= 0.3 is 0 Å². The Balaban J connectivity index is 2.86. The van der Waals surface area contributed by atoms with Gasteiger partial charge in [0, 0.05) is 5.92 Å². The summed E-state index contributed by atoms with van der Waals surface area (Å²) in [6.07, 6.45) is 0. The van der Waals surface area contributed by atoms with Gasteiger partial charge < -0.3 is 5.73 Å². The number of nitrogen functional groups attached to an aromatic ring is 1. The van der Waals surface area contributed by atoms with Gasteiger partial charge in [0.1, 0.15) is 16.2 Å². The van der Waals surface area contributed by atoms with Crippen LogP contribution in [0.3, 0.4) is 0 Å². The van der Waals surface area contributed by atoms with Crippen molar-refractivity contribution in [1.29, 1.82) is 0 Å². The average Bonchev–Trinajstić information content (AvgIpc) is 2.46. The monoisotopic (exact) mass is 253 g/mol. The Labute approximate surface area is 91.1 Å². The fraction of sp³-hybridized carbons (Fsp3) is 0.300. The highest BCUT2D eigenvalue weighted by Crippen LogP contribution is 2.25. The molecule has 0 aromatic carbocycles. The first-order valence-electron chi connectivity index (χ1n) is 4.53. The number of anilines is 1. The molecule has 14 heavy (non-hydrogen) atoms. The van der Waals surface area contributed by atoms with Gasteiger partial charge in [0.2, 0.25) is 0 Å². The maximum atomic E-state index is 5.91. The van der Waals surface area contributed by atoms with Gasteiger partial charge in [-0.2, -0.15) is 0 Å². The molecule has 2 aromatic rings. The predicted octanol–water partition coefficient (Wildman–Crippen LogP) is 2.80. The number of nitrogens with two attached hydrogens (primary N) is 1. The predicted molar refractivity (Wildman–Crippen MR) is 61.4 cm³/mol. The van der Waals surface area contributed by atoms with Crippen molar-refractivity contribution in [2.75, 3.05) is 5.73 Å². The fourth-order valence-corrected chi connectivity index (χ4v) is 2.03. The van der Waals surface area contributed by atoms with Crippen molar-refractivity contribution in [1.82, 2.24) is 9.38 Å².